The highest BCUT2D eigenvalue weighted by molar-refractivity contribution is 5.44. The Morgan fingerprint density at radius 1 is 1.55 bits per heavy atom. The SMILES string of the molecule is C=C/C(=C\C=C/C)C1Cc2cc(O)c(C(C)C)nc2O1. The number of rotatable bonds is 4. The van der Waals surface area contributed by atoms with Gasteiger partial charge < -0.3 is 9.84 Å². The monoisotopic (exact) mass is 271 g/mol. The van der Waals surface area contributed by atoms with Gasteiger partial charge in [-0.3, -0.25) is 0 Å². The van der Waals surface area contributed by atoms with Gasteiger partial charge in [-0.15, -0.1) is 0 Å². The van der Waals surface area contributed by atoms with Crippen LogP contribution in [-0.2, 0) is 6.42 Å². The minimum atomic E-state index is -0.0759. The van der Waals surface area contributed by atoms with E-state index >= 15 is 0 Å². The van der Waals surface area contributed by atoms with Gasteiger partial charge in [0.05, 0.1) is 5.69 Å². The molecule has 106 valence electrons. The molecule has 0 bridgehead atoms. The second-order valence-electron chi connectivity index (χ2n) is 5.22. The lowest BCUT2D eigenvalue weighted by molar-refractivity contribution is 0.264. The van der Waals surface area contributed by atoms with E-state index in [4.69, 9.17) is 4.74 Å². The maximum absolute atomic E-state index is 10.0. The van der Waals surface area contributed by atoms with Crippen LogP contribution in [0.25, 0.3) is 0 Å². The number of fused-ring (bicyclic) bond motifs is 1. The number of hydrogen-bond donors (Lipinski definition) is 1. The zero-order chi connectivity index (χ0) is 14.7. The van der Waals surface area contributed by atoms with E-state index in [1.54, 1.807) is 12.1 Å². The Labute approximate surface area is 120 Å². The molecule has 0 saturated heterocycles. The van der Waals surface area contributed by atoms with E-state index in [0.29, 0.717) is 18.0 Å². The summed E-state index contributed by atoms with van der Waals surface area (Å²) in [7, 11) is 0. The Morgan fingerprint density at radius 3 is 2.90 bits per heavy atom. The minimum absolute atomic E-state index is 0.0759. The average molecular weight is 271 g/mol. The standard InChI is InChI=1S/C17H21NO2/c1-5-7-8-12(6-2)15-10-13-9-14(19)16(11(3)4)18-17(13)20-15/h5-9,11,15,19H,2,10H2,1,3-4H3/b7-5-,12-8+. The van der Waals surface area contributed by atoms with E-state index in [1.807, 2.05) is 39.0 Å². The van der Waals surface area contributed by atoms with Gasteiger partial charge in [-0.2, -0.15) is 0 Å². The van der Waals surface area contributed by atoms with Crippen LogP contribution in [-0.4, -0.2) is 16.2 Å². The van der Waals surface area contributed by atoms with Gasteiger partial charge >= 0.3 is 0 Å². The third kappa shape index (κ3) is 2.77. The van der Waals surface area contributed by atoms with Crippen molar-refractivity contribution in [3.8, 4) is 11.6 Å². The molecule has 0 aliphatic carbocycles. The number of aromatic nitrogens is 1. The molecule has 0 amide bonds. The van der Waals surface area contributed by atoms with E-state index in [-0.39, 0.29) is 17.8 Å². The summed E-state index contributed by atoms with van der Waals surface area (Å²) in [6.07, 6.45) is 8.37. The van der Waals surface area contributed by atoms with Gasteiger partial charge in [-0.1, -0.05) is 44.7 Å². The maximum atomic E-state index is 10.0. The van der Waals surface area contributed by atoms with Crippen LogP contribution < -0.4 is 4.74 Å². The quantitative estimate of drug-likeness (QED) is 0.844. The van der Waals surface area contributed by atoms with Crippen LogP contribution in [0.1, 0.15) is 37.9 Å². The van der Waals surface area contributed by atoms with E-state index in [0.717, 1.165) is 11.1 Å². The van der Waals surface area contributed by atoms with Crippen molar-refractivity contribution in [2.75, 3.05) is 0 Å². The summed E-state index contributed by atoms with van der Waals surface area (Å²) in [5.41, 5.74) is 2.65. The highest BCUT2D eigenvalue weighted by Crippen LogP contribution is 2.36. The number of nitrogens with zero attached hydrogens (tertiary/aromatic N) is 1. The summed E-state index contributed by atoms with van der Waals surface area (Å²) in [5, 5.41) is 10.0. The largest absolute Gasteiger partial charge is 0.506 e. The Morgan fingerprint density at radius 2 is 2.30 bits per heavy atom. The zero-order valence-electron chi connectivity index (χ0n) is 12.3. The van der Waals surface area contributed by atoms with E-state index < -0.39 is 0 Å². The molecule has 1 aromatic heterocycles. The molecule has 0 aromatic carbocycles. The Bertz CT molecular complexity index is 571. The summed E-state index contributed by atoms with van der Waals surface area (Å²) in [5.74, 6) is 1.05. The van der Waals surface area contributed by atoms with Gasteiger partial charge in [0.1, 0.15) is 11.9 Å². The Kier molecular flexibility index (Phi) is 4.28. The second kappa shape index (κ2) is 5.95. The first-order valence-electron chi connectivity index (χ1n) is 6.91. The van der Waals surface area contributed by atoms with Crippen LogP contribution in [0.4, 0.5) is 0 Å². The lowest BCUT2D eigenvalue weighted by atomic mass is 10.0. The molecule has 1 N–H and O–H groups in total. The normalized spacial score (nSPS) is 18.4. The van der Waals surface area contributed by atoms with Gasteiger partial charge in [-0.05, 0) is 24.5 Å². The maximum Gasteiger partial charge on any atom is 0.217 e. The molecule has 0 fully saturated rings. The molecule has 20 heavy (non-hydrogen) atoms. The van der Waals surface area contributed by atoms with Crippen LogP contribution in [0.5, 0.6) is 11.6 Å². The second-order valence-corrected chi connectivity index (χ2v) is 5.22. The van der Waals surface area contributed by atoms with Crippen molar-refractivity contribution in [3.05, 3.63) is 53.8 Å². The van der Waals surface area contributed by atoms with Gasteiger partial charge in [0.15, 0.2) is 0 Å². The molecule has 3 heteroatoms. The molecule has 0 saturated carbocycles. The van der Waals surface area contributed by atoms with Crippen LogP contribution in [0.2, 0.25) is 0 Å². The van der Waals surface area contributed by atoms with Crippen LogP contribution in [0, 0.1) is 0 Å². The van der Waals surface area contributed by atoms with Gasteiger partial charge in [0.2, 0.25) is 5.88 Å². The third-order valence-corrected chi connectivity index (χ3v) is 3.36. The lowest BCUT2D eigenvalue weighted by Gasteiger charge is -2.11. The molecule has 3 nitrogen and oxygen atoms in total. The fraction of sp³-hybridized carbons (Fsp3) is 0.353. The van der Waals surface area contributed by atoms with E-state index in [9.17, 15) is 5.11 Å². The lowest BCUT2D eigenvalue weighted by Crippen LogP contribution is -2.15. The summed E-state index contributed by atoms with van der Waals surface area (Å²) in [4.78, 5) is 4.45. The van der Waals surface area contributed by atoms with Gasteiger partial charge in [-0.25, -0.2) is 4.98 Å². The smallest absolute Gasteiger partial charge is 0.217 e. The van der Waals surface area contributed by atoms with Crippen LogP contribution >= 0.6 is 0 Å². The summed E-state index contributed by atoms with van der Waals surface area (Å²) < 4.78 is 5.91. The molecule has 1 aliphatic rings. The van der Waals surface area contributed by atoms with Crippen molar-refractivity contribution in [1.29, 1.82) is 0 Å². The first-order valence-corrected chi connectivity index (χ1v) is 6.91. The molecule has 1 aromatic rings. The van der Waals surface area contributed by atoms with Crippen molar-refractivity contribution in [1.82, 2.24) is 4.98 Å². The van der Waals surface area contributed by atoms with Crippen molar-refractivity contribution >= 4 is 0 Å². The van der Waals surface area contributed by atoms with Crippen molar-refractivity contribution in [3.63, 3.8) is 0 Å². The first kappa shape index (κ1) is 14.4. The predicted molar refractivity (Wildman–Crippen MR) is 81.2 cm³/mol. The number of aromatic hydroxyl groups is 1. The molecular formula is C17H21NO2. The molecule has 0 radical (unpaired) electrons. The minimum Gasteiger partial charge on any atom is -0.506 e. The molecular weight excluding hydrogens is 250 g/mol. The number of ether oxygens (including phenoxy) is 1. The van der Waals surface area contributed by atoms with Crippen molar-refractivity contribution in [2.45, 2.75) is 39.2 Å². The zero-order valence-corrected chi connectivity index (χ0v) is 12.3. The van der Waals surface area contributed by atoms with Crippen LogP contribution in [0.3, 0.4) is 0 Å². The highest BCUT2D eigenvalue weighted by atomic mass is 16.5. The average Bonchev–Trinajstić information content (AvgIpc) is 2.81. The number of pyridine rings is 1. The van der Waals surface area contributed by atoms with Gasteiger partial charge in [0.25, 0.3) is 0 Å². The summed E-state index contributed by atoms with van der Waals surface area (Å²) in [6, 6.07) is 1.77. The first-order chi connectivity index (χ1) is 9.56. The fourth-order valence-corrected chi connectivity index (χ4v) is 2.29. The van der Waals surface area contributed by atoms with Gasteiger partial charge in [0, 0.05) is 12.0 Å². The Hall–Kier alpha value is -2.03. The molecule has 1 unspecified atom stereocenters. The summed E-state index contributed by atoms with van der Waals surface area (Å²) in [6.45, 7) is 9.80. The topological polar surface area (TPSA) is 42.4 Å². The molecule has 1 atom stereocenters. The number of hydrogen-bond acceptors (Lipinski definition) is 3. The van der Waals surface area contributed by atoms with Crippen molar-refractivity contribution < 1.29 is 9.84 Å². The fourth-order valence-electron chi connectivity index (χ4n) is 2.29. The molecule has 2 rings (SSSR count). The molecule has 1 aliphatic heterocycles. The van der Waals surface area contributed by atoms with E-state index in [1.165, 1.54) is 0 Å². The predicted octanol–water partition coefficient (Wildman–Crippen LogP) is 3.90. The molecule has 0 spiro atoms. The Balaban J connectivity index is 2.29. The summed E-state index contributed by atoms with van der Waals surface area (Å²) >= 11 is 0. The van der Waals surface area contributed by atoms with Crippen molar-refractivity contribution in [2.24, 2.45) is 0 Å². The number of allylic oxidation sites excluding steroid dienone is 3. The molecule has 2 heterocycles. The van der Waals surface area contributed by atoms with Crippen LogP contribution in [0.15, 0.2) is 42.5 Å². The third-order valence-electron chi connectivity index (χ3n) is 3.36. The van der Waals surface area contributed by atoms with E-state index in [2.05, 4.69) is 11.6 Å². The highest BCUT2D eigenvalue weighted by Gasteiger charge is 2.28.